The molecule has 29 heavy (non-hydrogen) atoms. The minimum atomic E-state index is -1.52. The van der Waals surface area contributed by atoms with E-state index in [9.17, 15) is 25.2 Å². The first-order chi connectivity index (χ1) is 13.9. The molecular formula is C17H18N2O8S2. The number of rotatable bonds is 5. The average Bonchev–Trinajstić information content (AvgIpc) is 3.35. The van der Waals surface area contributed by atoms with Gasteiger partial charge in [-0.1, -0.05) is 0 Å². The van der Waals surface area contributed by atoms with Gasteiger partial charge in [0.25, 0.3) is 0 Å². The van der Waals surface area contributed by atoms with Crippen LogP contribution in [0.15, 0.2) is 23.2 Å². The summed E-state index contributed by atoms with van der Waals surface area (Å²) in [6, 6.07) is 4.21. The number of hydrogen-bond acceptors (Lipinski definition) is 11. The monoisotopic (exact) mass is 442 g/mol. The maximum Gasteiger partial charge on any atom is 0.329 e. The fourth-order valence-corrected chi connectivity index (χ4v) is 5.08. The van der Waals surface area contributed by atoms with Crippen LogP contribution in [0.2, 0.25) is 0 Å². The van der Waals surface area contributed by atoms with Gasteiger partial charge < -0.3 is 35.0 Å². The molecule has 12 heteroatoms. The smallest absolute Gasteiger partial charge is 0.329 e. The van der Waals surface area contributed by atoms with Crippen molar-refractivity contribution in [1.82, 2.24) is 4.98 Å². The van der Waals surface area contributed by atoms with Crippen LogP contribution < -0.4 is 4.74 Å². The number of aliphatic carboxylic acids is 1. The summed E-state index contributed by atoms with van der Waals surface area (Å²) >= 11 is 2.66. The lowest BCUT2D eigenvalue weighted by atomic mass is 9.99. The minimum absolute atomic E-state index is 0.335. The highest BCUT2D eigenvalue weighted by Gasteiger charge is 2.44. The molecule has 2 aliphatic heterocycles. The first kappa shape index (κ1) is 20.5. The predicted molar refractivity (Wildman–Crippen MR) is 104 cm³/mol. The maximum absolute atomic E-state index is 11.1. The van der Waals surface area contributed by atoms with Crippen LogP contribution in [0.1, 0.15) is 5.01 Å². The summed E-state index contributed by atoms with van der Waals surface area (Å²) in [5.74, 6) is -0.267. The van der Waals surface area contributed by atoms with E-state index >= 15 is 0 Å². The Bertz CT molecular complexity index is 949. The summed E-state index contributed by atoms with van der Waals surface area (Å²) in [5, 5.41) is 49.3. The molecule has 0 bridgehead atoms. The van der Waals surface area contributed by atoms with Crippen molar-refractivity contribution in [2.45, 2.75) is 36.7 Å². The molecule has 0 amide bonds. The lowest BCUT2D eigenvalue weighted by Gasteiger charge is -2.39. The number of nitrogens with zero attached hydrogens (tertiary/aromatic N) is 2. The van der Waals surface area contributed by atoms with Crippen LogP contribution in [-0.4, -0.2) is 90.6 Å². The number of thiazole rings is 1. The zero-order valence-electron chi connectivity index (χ0n) is 14.8. The zero-order valence-corrected chi connectivity index (χ0v) is 16.4. The number of benzene rings is 1. The van der Waals surface area contributed by atoms with Gasteiger partial charge in [-0.2, -0.15) is 0 Å². The summed E-state index contributed by atoms with van der Waals surface area (Å²) in [7, 11) is 0. The molecule has 0 radical (unpaired) electrons. The number of aromatic nitrogens is 1. The third-order valence-corrected chi connectivity index (χ3v) is 6.79. The van der Waals surface area contributed by atoms with Crippen LogP contribution in [0.25, 0.3) is 10.2 Å². The molecule has 3 heterocycles. The second-order valence-corrected chi connectivity index (χ2v) is 8.60. The number of thioether (sulfide) groups is 1. The Morgan fingerprint density at radius 2 is 2.03 bits per heavy atom. The predicted octanol–water partition coefficient (Wildman–Crippen LogP) is -0.578. The highest BCUT2D eigenvalue weighted by Crippen LogP contribution is 2.32. The Kier molecular flexibility index (Phi) is 5.75. The lowest BCUT2D eigenvalue weighted by Crippen LogP contribution is -2.60. The van der Waals surface area contributed by atoms with Crippen LogP contribution >= 0.6 is 23.1 Å². The van der Waals surface area contributed by atoms with E-state index in [1.165, 1.54) is 23.1 Å². The number of carbonyl (C=O) groups is 1. The number of ether oxygens (including phenoxy) is 2. The van der Waals surface area contributed by atoms with Crippen LogP contribution in [0.3, 0.4) is 0 Å². The summed E-state index contributed by atoms with van der Waals surface area (Å²) in [4.78, 5) is 19.7. The minimum Gasteiger partial charge on any atom is -0.480 e. The topological polar surface area (TPSA) is 162 Å². The number of carboxylic acids is 1. The van der Waals surface area contributed by atoms with Crippen molar-refractivity contribution in [2.75, 3.05) is 12.4 Å². The van der Waals surface area contributed by atoms with Gasteiger partial charge in [0, 0.05) is 5.75 Å². The van der Waals surface area contributed by atoms with E-state index in [1.54, 1.807) is 18.2 Å². The van der Waals surface area contributed by atoms with E-state index in [2.05, 4.69) is 9.98 Å². The molecule has 6 atom stereocenters. The molecule has 10 nitrogen and oxygen atoms in total. The molecular weight excluding hydrogens is 424 g/mol. The Morgan fingerprint density at radius 3 is 2.72 bits per heavy atom. The largest absolute Gasteiger partial charge is 0.480 e. The third kappa shape index (κ3) is 3.97. The van der Waals surface area contributed by atoms with E-state index in [-0.39, 0.29) is 0 Å². The van der Waals surface area contributed by atoms with Crippen molar-refractivity contribution < 1.29 is 39.8 Å². The van der Waals surface area contributed by atoms with Crippen molar-refractivity contribution in [2.24, 2.45) is 4.99 Å². The average molecular weight is 442 g/mol. The van der Waals surface area contributed by atoms with Crippen LogP contribution in [0.4, 0.5) is 0 Å². The highest BCUT2D eigenvalue weighted by atomic mass is 32.2. The van der Waals surface area contributed by atoms with E-state index in [4.69, 9.17) is 14.6 Å². The summed E-state index contributed by atoms with van der Waals surface area (Å²) in [6.45, 7) is -0.542. The summed E-state index contributed by atoms with van der Waals surface area (Å²) in [6.07, 6.45) is -6.82. The fraction of sp³-hybridized carbons (Fsp3) is 0.471. The molecule has 0 saturated carbocycles. The van der Waals surface area contributed by atoms with Crippen LogP contribution in [-0.2, 0) is 9.53 Å². The van der Waals surface area contributed by atoms with Crippen LogP contribution in [0.5, 0.6) is 5.75 Å². The number of carboxylic acid groups (broad SMARTS) is 1. The lowest BCUT2D eigenvalue weighted by molar-refractivity contribution is -0.277. The molecule has 1 fully saturated rings. The molecule has 1 saturated heterocycles. The van der Waals surface area contributed by atoms with Gasteiger partial charge in [-0.3, -0.25) is 4.99 Å². The zero-order chi connectivity index (χ0) is 20.7. The normalized spacial score (nSPS) is 32.3. The van der Waals surface area contributed by atoms with Crippen molar-refractivity contribution in [3.63, 3.8) is 0 Å². The number of fused-ring (bicyclic) bond motifs is 1. The van der Waals surface area contributed by atoms with E-state index in [1.807, 2.05) is 0 Å². The molecule has 0 spiro atoms. The summed E-state index contributed by atoms with van der Waals surface area (Å²) in [5.41, 5.74) is 0.674. The van der Waals surface area contributed by atoms with Gasteiger partial charge in [0.15, 0.2) is 6.04 Å². The van der Waals surface area contributed by atoms with Gasteiger partial charge >= 0.3 is 5.97 Å². The molecule has 2 aliphatic rings. The molecule has 5 N–H and O–H groups in total. The third-order valence-electron chi connectivity index (χ3n) is 4.58. The van der Waals surface area contributed by atoms with Gasteiger partial charge in [0.1, 0.15) is 40.2 Å². The van der Waals surface area contributed by atoms with E-state index < -0.39 is 49.3 Å². The number of aliphatic hydroxyl groups excluding tert-OH is 4. The maximum atomic E-state index is 11.1. The molecule has 156 valence electrons. The number of hydrogen-bond donors (Lipinski definition) is 5. The number of aliphatic hydroxyl groups is 4. The number of aliphatic imine (C=N–C) groups is 1. The second kappa shape index (κ2) is 8.14. The first-order valence-corrected chi connectivity index (χ1v) is 10.5. The van der Waals surface area contributed by atoms with E-state index in [0.717, 1.165) is 4.70 Å². The Balaban J connectivity index is 1.54. The molecule has 4 rings (SSSR count). The first-order valence-electron chi connectivity index (χ1n) is 8.69. The van der Waals surface area contributed by atoms with Gasteiger partial charge in [-0.15, -0.1) is 23.1 Å². The van der Waals surface area contributed by atoms with Gasteiger partial charge in [0.2, 0.25) is 6.29 Å². The van der Waals surface area contributed by atoms with Gasteiger partial charge in [-0.25, -0.2) is 9.78 Å². The summed E-state index contributed by atoms with van der Waals surface area (Å²) < 4.78 is 11.7. The molecule has 0 aliphatic carbocycles. The van der Waals surface area contributed by atoms with E-state index in [0.29, 0.717) is 27.1 Å². The second-order valence-electron chi connectivity index (χ2n) is 6.56. The van der Waals surface area contributed by atoms with Gasteiger partial charge in [-0.05, 0) is 18.2 Å². The van der Waals surface area contributed by atoms with Crippen molar-refractivity contribution in [1.29, 1.82) is 0 Å². The molecule has 1 aromatic carbocycles. The fourth-order valence-electron chi connectivity index (χ4n) is 2.99. The van der Waals surface area contributed by atoms with Crippen molar-refractivity contribution >= 4 is 44.3 Å². The quantitative estimate of drug-likeness (QED) is 0.405. The van der Waals surface area contributed by atoms with Gasteiger partial charge in [0.05, 0.1) is 16.8 Å². The molecule has 1 aromatic heterocycles. The molecule has 0 unspecified atom stereocenters. The standard InChI is InChI=1S/C17H18N2O8S2/c20-4-9-11(21)12(22)13(23)17(27-9)26-6-1-2-7-10(3-6)29-15(18-7)14-19-8(5-28-14)16(24)25/h1-3,8-9,11-13,17,20-23H,4-5H2,(H,24,25)/t8-,9-,11-,12+,13+,17+/m1/s1. The highest BCUT2D eigenvalue weighted by molar-refractivity contribution is 8.15. The molecule has 2 aromatic rings. The van der Waals surface area contributed by atoms with Crippen molar-refractivity contribution in [3.05, 3.63) is 23.2 Å². The Labute approximate surface area is 172 Å². The Hall–Kier alpha value is -1.80. The van der Waals surface area contributed by atoms with Crippen LogP contribution in [0, 0.1) is 0 Å². The Morgan fingerprint density at radius 1 is 1.24 bits per heavy atom. The van der Waals surface area contributed by atoms with Crippen molar-refractivity contribution in [3.8, 4) is 5.75 Å². The SMILES string of the molecule is O=C(O)[C@H]1CSC(c2nc3ccc(O[C@H]4O[C@H](CO)[C@@H](O)[C@H](O)[C@@H]4O)cc3s2)=N1.